The maximum atomic E-state index is 11.1. The van der Waals surface area contributed by atoms with E-state index in [1.807, 2.05) is 6.92 Å². The van der Waals surface area contributed by atoms with E-state index in [-0.39, 0.29) is 24.4 Å². The zero-order valence-corrected chi connectivity index (χ0v) is 8.49. The van der Waals surface area contributed by atoms with Crippen molar-refractivity contribution in [2.45, 2.75) is 25.9 Å². The largest absolute Gasteiger partial charge is 0.409 e. The van der Waals surface area contributed by atoms with Crippen molar-refractivity contribution in [3.8, 4) is 0 Å². The Hall–Kier alpha value is -1.30. The fraction of sp³-hybridized carbons (Fsp3) is 0.750. The summed E-state index contributed by atoms with van der Waals surface area (Å²) in [6.45, 7) is 1.95. The van der Waals surface area contributed by atoms with Gasteiger partial charge >= 0.3 is 0 Å². The molecular weight excluding hydrogens is 186 g/mol. The molecule has 6 nitrogen and oxygen atoms in total. The number of carbonyl (C=O) groups is 1. The molecule has 6 heteroatoms. The molecule has 0 aliphatic carbocycles. The van der Waals surface area contributed by atoms with Gasteiger partial charge in [0.2, 0.25) is 5.91 Å². The van der Waals surface area contributed by atoms with Gasteiger partial charge < -0.3 is 21.0 Å². The van der Waals surface area contributed by atoms with E-state index in [2.05, 4.69) is 10.5 Å². The highest BCUT2D eigenvalue weighted by atomic mass is 16.5. The summed E-state index contributed by atoms with van der Waals surface area (Å²) >= 11 is 0. The van der Waals surface area contributed by atoms with Gasteiger partial charge in [-0.25, -0.2) is 0 Å². The third kappa shape index (κ3) is 6.24. The normalized spacial score (nSPS) is 13.7. The van der Waals surface area contributed by atoms with Crippen LogP contribution in [-0.4, -0.2) is 36.7 Å². The van der Waals surface area contributed by atoms with Crippen LogP contribution in [0.5, 0.6) is 0 Å². The molecule has 0 spiro atoms. The van der Waals surface area contributed by atoms with Gasteiger partial charge in [-0.1, -0.05) is 5.16 Å². The predicted molar refractivity (Wildman–Crippen MR) is 52.1 cm³/mol. The molecule has 0 rings (SSSR count). The number of nitrogens with zero attached hydrogens (tertiary/aromatic N) is 1. The van der Waals surface area contributed by atoms with Crippen molar-refractivity contribution in [1.82, 2.24) is 5.32 Å². The first-order chi connectivity index (χ1) is 6.60. The molecule has 0 radical (unpaired) electrons. The van der Waals surface area contributed by atoms with Crippen LogP contribution >= 0.6 is 0 Å². The van der Waals surface area contributed by atoms with E-state index in [4.69, 9.17) is 15.7 Å². The number of oxime groups is 1. The highest BCUT2D eigenvalue weighted by Crippen LogP contribution is 1.98. The zero-order chi connectivity index (χ0) is 11.0. The van der Waals surface area contributed by atoms with Gasteiger partial charge in [0.1, 0.15) is 0 Å². The van der Waals surface area contributed by atoms with Gasteiger partial charge in [0, 0.05) is 13.5 Å². The lowest BCUT2D eigenvalue weighted by atomic mass is 10.2. The Balaban J connectivity index is 3.56. The number of nitrogens with two attached hydrogens (primary N) is 1. The van der Waals surface area contributed by atoms with Gasteiger partial charge in [-0.15, -0.1) is 0 Å². The second-order valence-corrected chi connectivity index (χ2v) is 2.95. The molecule has 4 N–H and O–H groups in total. The first-order valence-corrected chi connectivity index (χ1v) is 4.36. The minimum atomic E-state index is -0.138. The third-order valence-corrected chi connectivity index (χ3v) is 1.78. The van der Waals surface area contributed by atoms with Crippen LogP contribution in [0.15, 0.2) is 5.16 Å². The average molecular weight is 203 g/mol. The fourth-order valence-electron chi connectivity index (χ4n) is 0.765. The molecular formula is C8H17N3O3. The molecule has 14 heavy (non-hydrogen) atoms. The van der Waals surface area contributed by atoms with Crippen molar-refractivity contribution in [3.05, 3.63) is 0 Å². The lowest BCUT2D eigenvalue weighted by Crippen LogP contribution is -2.33. The van der Waals surface area contributed by atoms with E-state index in [0.29, 0.717) is 12.8 Å². The SMILES string of the molecule is COC(C)CCC(=O)NCC(N)=NO. The molecule has 0 fully saturated rings. The summed E-state index contributed by atoms with van der Waals surface area (Å²) < 4.78 is 4.98. The first-order valence-electron chi connectivity index (χ1n) is 4.36. The summed E-state index contributed by atoms with van der Waals surface area (Å²) in [4.78, 5) is 11.1. The Morgan fingerprint density at radius 1 is 1.71 bits per heavy atom. The van der Waals surface area contributed by atoms with E-state index >= 15 is 0 Å². The Morgan fingerprint density at radius 2 is 2.36 bits per heavy atom. The Labute approximate surface area is 83.1 Å². The van der Waals surface area contributed by atoms with Crippen molar-refractivity contribution < 1.29 is 14.7 Å². The maximum absolute atomic E-state index is 11.1. The molecule has 82 valence electrons. The molecule has 1 atom stereocenters. The highest BCUT2D eigenvalue weighted by molar-refractivity contribution is 5.86. The van der Waals surface area contributed by atoms with Crippen molar-refractivity contribution in [2.75, 3.05) is 13.7 Å². The number of nitrogens with one attached hydrogen (secondary N) is 1. The summed E-state index contributed by atoms with van der Waals surface area (Å²) in [6, 6.07) is 0. The number of hydrogen-bond donors (Lipinski definition) is 3. The van der Waals surface area contributed by atoms with Crippen LogP contribution in [0.2, 0.25) is 0 Å². The summed E-state index contributed by atoms with van der Waals surface area (Å²) in [5, 5.41) is 13.4. The van der Waals surface area contributed by atoms with Gasteiger partial charge in [-0.3, -0.25) is 4.79 Å². The quantitative estimate of drug-likeness (QED) is 0.238. The van der Waals surface area contributed by atoms with Crippen molar-refractivity contribution in [2.24, 2.45) is 10.9 Å². The van der Waals surface area contributed by atoms with Crippen LogP contribution < -0.4 is 11.1 Å². The number of ether oxygens (including phenoxy) is 1. The number of amides is 1. The number of carbonyl (C=O) groups excluding carboxylic acids is 1. The lowest BCUT2D eigenvalue weighted by molar-refractivity contribution is -0.121. The number of methoxy groups -OCH3 is 1. The molecule has 0 saturated carbocycles. The number of amidine groups is 1. The molecule has 1 amide bonds. The van der Waals surface area contributed by atoms with Crippen LogP contribution in [0, 0.1) is 0 Å². The second kappa shape index (κ2) is 7.14. The van der Waals surface area contributed by atoms with Gasteiger partial charge in [-0.05, 0) is 13.3 Å². The van der Waals surface area contributed by atoms with Crippen LogP contribution in [0.1, 0.15) is 19.8 Å². The van der Waals surface area contributed by atoms with Crippen LogP contribution in [0.25, 0.3) is 0 Å². The van der Waals surface area contributed by atoms with E-state index in [0.717, 1.165) is 0 Å². The summed E-state index contributed by atoms with van der Waals surface area (Å²) in [6.07, 6.45) is 1.08. The van der Waals surface area contributed by atoms with Crippen molar-refractivity contribution in [1.29, 1.82) is 0 Å². The van der Waals surface area contributed by atoms with Gasteiger partial charge in [0.15, 0.2) is 5.84 Å². The monoisotopic (exact) mass is 203 g/mol. The first kappa shape index (κ1) is 12.7. The van der Waals surface area contributed by atoms with E-state index in [1.165, 1.54) is 0 Å². The Morgan fingerprint density at radius 3 is 2.86 bits per heavy atom. The maximum Gasteiger partial charge on any atom is 0.220 e. The molecule has 0 bridgehead atoms. The predicted octanol–water partition coefficient (Wildman–Crippen LogP) is -0.336. The minimum Gasteiger partial charge on any atom is -0.409 e. The summed E-state index contributed by atoms with van der Waals surface area (Å²) in [5.41, 5.74) is 5.16. The molecule has 0 saturated heterocycles. The smallest absolute Gasteiger partial charge is 0.220 e. The summed E-state index contributed by atoms with van der Waals surface area (Å²) in [5.74, 6) is -0.154. The van der Waals surface area contributed by atoms with Gasteiger partial charge in [0.25, 0.3) is 0 Å². The van der Waals surface area contributed by atoms with E-state index in [9.17, 15) is 4.79 Å². The fourth-order valence-corrected chi connectivity index (χ4v) is 0.765. The van der Waals surface area contributed by atoms with Crippen molar-refractivity contribution >= 4 is 11.7 Å². The lowest BCUT2D eigenvalue weighted by Gasteiger charge is -2.08. The van der Waals surface area contributed by atoms with Crippen LogP contribution in [-0.2, 0) is 9.53 Å². The van der Waals surface area contributed by atoms with E-state index in [1.54, 1.807) is 7.11 Å². The van der Waals surface area contributed by atoms with Gasteiger partial charge in [0.05, 0.1) is 12.6 Å². The molecule has 1 unspecified atom stereocenters. The molecule has 0 heterocycles. The molecule has 0 aliphatic heterocycles. The van der Waals surface area contributed by atoms with E-state index < -0.39 is 0 Å². The zero-order valence-electron chi connectivity index (χ0n) is 8.49. The Bertz CT molecular complexity index is 206. The van der Waals surface area contributed by atoms with Gasteiger partial charge in [-0.2, -0.15) is 0 Å². The second-order valence-electron chi connectivity index (χ2n) is 2.95. The molecule has 0 aromatic carbocycles. The van der Waals surface area contributed by atoms with Crippen LogP contribution in [0.4, 0.5) is 0 Å². The summed E-state index contributed by atoms with van der Waals surface area (Å²) in [7, 11) is 1.60. The Kier molecular flexibility index (Phi) is 6.47. The third-order valence-electron chi connectivity index (χ3n) is 1.78. The van der Waals surface area contributed by atoms with Crippen molar-refractivity contribution in [3.63, 3.8) is 0 Å². The average Bonchev–Trinajstić information content (AvgIpc) is 2.22. The number of rotatable bonds is 6. The van der Waals surface area contributed by atoms with Crippen LogP contribution in [0.3, 0.4) is 0 Å². The molecule has 0 aromatic heterocycles. The number of hydrogen-bond acceptors (Lipinski definition) is 4. The topological polar surface area (TPSA) is 96.9 Å². The minimum absolute atomic E-state index is 0.0156. The molecule has 0 aromatic rings. The highest BCUT2D eigenvalue weighted by Gasteiger charge is 2.05. The molecule has 0 aliphatic rings. The standard InChI is InChI=1S/C8H17N3O3/c1-6(14-2)3-4-8(12)10-5-7(9)11-13/h6,13H,3-5H2,1-2H3,(H2,9,11)(H,10,12).